The molecule has 0 bridgehead atoms. The van der Waals surface area contributed by atoms with Gasteiger partial charge >= 0.3 is 0 Å². The van der Waals surface area contributed by atoms with E-state index in [4.69, 9.17) is 4.74 Å². The molecule has 2 aromatic rings. The molecule has 2 rings (SSSR count). The lowest BCUT2D eigenvalue weighted by Gasteiger charge is -2.20. The van der Waals surface area contributed by atoms with Gasteiger partial charge in [0.2, 0.25) is 0 Å². The minimum Gasteiger partial charge on any atom is -0.496 e. The summed E-state index contributed by atoms with van der Waals surface area (Å²) in [4.78, 5) is 4.23. The molecule has 0 saturated heterocycles. The quantitative estimate of drug-likeness (QED) is 0.878. The highest BCUT2D eigenvalue weighted by molar-refractivity contribution is 5.39. The van der Waals surface area contributed by atoms with Crippen LogP contribution in [-0.2, 0) is 13.6 Å². The molecular weight excluding hydrogens is 252 g/mol. The lowest BCUT2D eigenvalue weighted by molar-refractivity contribution is 0.395. The van der Waals surface area contributed by atoms with Gasteiger partial charge in [-0.25, -0.2) is 4.98 Å². The van der Waals surface area contributed by atoms with Crippen molar-refractivity contribution in [2.75, 3.05) is 7.11 Å². The SMILES string of the molecule is CC[C@H](NCc1ncnn1C)c1cc(C)ccc1OC. The fourth-order valence-electron chi connectivity index (χ4n) is 2.29. The predicted octanol–water partition coefficient (Wildman–Crippen LogP) is 2.37. The summed E-state index contributed by atoms with van der Waals surface area (Å²) in [5, 5.41) is 7.61. The number of hydrogen-bond donors (Lipinski definition) is 1. The van der Waals surface area contributed by atoms with E-state index in [0.29, 0.717) is 6.54 Å². The molecule has 0 radical (unpaired) electrons. The normalized spacial score (nSPS) is 12.4. The summed E-state index contributed by atoms with van der Waals surface area (Å²) in [6, 6.07) is 6.51. The van der Waals surface area contributed by atoms with Crippen molar-refractivity contribution in [3.8, 4) is 5.75 Å². The smallest absolute Gasteiger partial charge is 0.140 e. The van der Waals surface area contributed by atoms with E-state index >= 15 is 0 Å². The number of aryl methyl sites for hydroxylation is 2. The van der Waals surface area contributed by atoms with Crippen molar-refractivity contribution < 1.29 is 4.74 Å². The van der Waals surface area contributed by atoms with Gasteiger partial charge in [-0.15, -0.1) is 0 Å². The first kappa shape index (κ1) is 14.5. The third-order valence-corrected chi connectivity index (χ3v) is 3.48. The van der Waals surface area contributed by atoms with Gasteiger partial charge in [-0.05, 0) is 19.4 Å². The molecular formula is C15H22N4O. The first-order chi connectivity index (χ1) is 9.65. The van der Waals surface area contributed by atoms with Crippen molar-refractivity contribution in [1.29, 1.82) is 0 Å². The van der Waals surface area contributed by atoms with Crippen molar-refractivity contribution in [2.45, 2.75) is 32.9 Å². The Labute approximate surface area is 120 Å². The number of methoxy groups -OCH3 is 1. The number of hydrogen-bond acceptors (Lipinski definition) is 4. The maximum absolute atomic E-state index is 5.47. The maximum atomic E-state index is 5.47. The summed E-state index contributed by atoms with van der Waals surface area (Å²) in [5.74, 6) is 1.85. The Kier molecular flexibility index (Phi) is 4.74. The fraction of sp³-hybridized carbons (Fsp3) is 0.467. The highest BCUT2D eigenvalue weighted by Gasteiger charge is 2.15. The van der Waals surface area contributed by atoms with Crippen LogP contribution in [0.2, 0.25) is 0 Å². The van der Waals surface area contributed by atoms with Gasteiger partial charge in [0, 0.05) is 18.7 Å². The summed E-state index contributed by atoms with van der Waals surface area (Å²) >= 11 is 0. The molecule has 5 nitrogen and oxygen atoms in total. The van der Waals surface area contributed by atoms with Crippen LogP contribution in [0.5, 0.6) is 5.75 Å². The first-order valence-corrected chi connectivity index (χ1v) is 6.86. The highest BCUT2D eigenvalue weighted by atomic mass is 16.5. The van der Waals surface area contributed by atoms with Crippen LogP contribution in [0.4, 0.5) is 0 Å². The van der Waals surface area contributed by atoms with Crippen LogP contribution in [0.15, 0.2) is 24.5 Å². The Balaban J connectivity index is 2.16. The second-order valence-corrected chi connectivity index (χ2v) is 4.89. The first-order valence-electron chi connectivity index (χ1n) is 6.86. The van der Waals surface area contributed by atoms with E-state index in [0.717, 1.165) is 18.0 Å². The minimum absolute atomic E-state index is 0.238. The van der Waals surface area contributed by atoms with Crippen LogP contribution >= 0.6 is 0 Å². The molecule has 5 heteroatoms. The summed E-state index contributed by atoms with van der Waals surface area (Å²) in [6.07, 6.45) is 2.56. The lowest BCUT2D eigenvalue weighted by atomic mass is 10.0. The van der Waals surface area contributed by atoms with Gasteiger partial charge in [0.15, 0.2) is 0 Å². The van der Waals surface area contributed by atoms with Gasteiger partial charge < -0.3 is 10.1 Å². The van der Waals surface area contributed by atoms with Crippen molar-refractivity contribution >= 4 is 0 Å². The van der Waals surface area contributed by atoms with E-state index < -0.39 is 0 Å². The summed E-state index contributed by atoms with van der Waals surface area (Å²) in [7, 11) is 3.61. The average Bonchev–Trinajstić information content (AvgIpc) is 2.85. The van der Waals surface area contributed by atoms with Gasteiger partial charge in [0.1, 0.15) is 17.9 Å². The zero-order valence-corrected chi connectivity index (χ0v) is 12.6. The maximum Gasteiger partial charge on any atom is 0.140 e. The van der Waals surface area contributed by atoms with Crippen LogP contribution in [0.3, 0.4) is 0 Å². The van der Waals surface area contributed by atoms with Crippen LogP contribution in [0.1, 0.15) is 36.3 Å². The topological polar surface area (TPSA) is 52.0 Å². The molecule has 0 unspecified atom stereocenters. The van der Waals surface area contributed by atoms with Gasteiger partial charge in [0.25, 0.3) is 0 Å². The second-order valence-electron chi connectivity index (χ2n) is 4.89. The number of nitrogens with one attached hydrogen (secondary N) is 1. The molecule has 1 atom stereocenters. The Morgan fingerprint density at radius 1 is 1.40 bits per heavy atom. The third-order valence-electron chi connectivity index (χ3n) is 3.48. The van der Waals surface area contributed by atoms with Crippen LogP contribution in [-0.4, -0.2) is 21.9 Å². The molecule has 20 heavy (non-hydrogen) atoms. The molecule has 1 aromatic carbocycles. The predicted molar refractivity (Wildman–Crippen MR) is 78.6 cm³/mol. The monoisotopic (exact) mass is 274 g/mol. The largest absolute Gasteiger partial charge is 0.496 e. The summed E-state index contributed by atoms with van der Waals surface area (Å²) < 4.78 is 7.26. The van der Waals surface area contributed by atoms with Gasteiger partial charge in [0.05, 0.1) is 13.7 Å². The lowest BCUT2D eigenvalue weighted by Crippen LogP contribution is -2.22. The summed E-state index contributed by atoms with van der Waals surface area (Å²) in [6.45, 7) is 4.94. The summed E-state index contributed by atoms with van der Waals surface area (Å²) in [5.41, 5.74) is 2.43. The van der Waals surface area contributed by atoms with Crippen molar-refractivity contribution in [3.63, 3.8) is 0 Å². The molecule has 1 aromatic heterocycles. The molecule has 0 saturated carbocycles. The molecule has 0 aliphatic heterocycles. The van der Waals surface area contributed by atoms with Crippen LogP contribution < -0.4 is 10.1 Å². The minimum atomic E-state index is 0.238. The molecule has 0 amide bonds. The molecule has 0 aliphatic rings. The van der Waals surface area contributed by atoms with E-state index in [1.54, 1.807) is 18.1 Å². The average molecular weight is 274 g/mol. The molecule has 108 valence electrons. The highest BCUT2D eigenvalue weighted by Crippen LogP contribution is 2.28. The van der Waals surface area contributed by atoms with Gasteiger partial charge in [-0.2, -0.15) is 5.10 Å². The van der Waals surface area contributed by atoms with E-state index in [-0.39, 0.29) is 6.04 Å². The molecule has 0 fully saturated rings. The zero-order valence-electron chi connectivity index (χ0n) is 12.6. The number of benzene rings is 1. The van der Waals surface area contributed by atoms with E-state index in [1.165, 1.54) is 11.1 Å². The Hall–Kier alpha value is -1.88. The number of aromatic nitrogens is 3. The van der Waals surface area contributed by atoms with Crippen LogP contribution in [0.25, 0.3) is 0 Å². The van der Waals surface area contributed by atoms with E-state index in [1.807, 2.05) is 13.1 Å². The Morgan fingerprint density at radius 3 is 2.80 bits per heavy atom. The molecule has 1 heterocycles. The van der Waals surface area contributed by atoms with Gasteiger partial charge in [-0.1, -0.05) is 24.6 Å². The fourth-order valence-corrected chi connectivity index (χ4v) is 2.29. The number of rotatable bonds is 6. The zero-order chi connectivity index (χ0) is 14.5. The van der Waals surface area contributed by atoms with Crippen LogP contribution in [0, 0.1) is 6.92 Å². The van der Waals surface area contributed by atoms with Crippen molar-refractivity contribution in [2.24, 2.45) is 7.05 Å². The third kappa shape index (κ3) is 3.17. The van der Waals surface area contributed by atoms with E-state index in [2.05, 4.69) is 41.4 Å². The van der Waals surface area contributed by atoms with Crippen molar-refractivity contribution in [3.05, 3.63) is 41.5 Å². The number of ether oxygens (including phenoxy) is 1. The second kappa shape index (κ2) is 6.52. The standard InChI is InChI=1S/C15H22N4O/c1-5-13(16-9-15-17-10-18-19(15)3)12-8-11(2)6-7-14(12)20-4/h6-8,10,13,16H,5,9H2,1-4H3/t13-/m0/s1. The van der Waals surface area contributed by atoms with Gasteiger partial charge in [-0.3, -0.25) is 4.68 Å². The Bertz CT molecular complexity index is 565. The molecule has 0 aliphatic carbocycles. The van der Waals surface area contributed by atoms with E-state index in [9.17, 15) is 0 Å². The molecule has 1 N–H and O–H groups in total. The number of nitrogens with zero attached hydrogens (tertiary/aromatic N) is 3. The molecule has 0 spiro atoms. The van der Waals surface area contributed by atoms with Crippen molar-refractivity contribution in [1.82, 2.24) is 20.1 Å². The Morgan fingerprint density at radius 2 is 2.20 bits per heavy atom.